The summed E-state index contributed by atoms with van der Waals surface area (Å²) < 4.78 is 13.8. The Kier molecular flexibility index (Phi) is 4.83. The molecule has 0 saturated carbocycles. The van der Waals surface area contributed by atoms with E-state index < -0.39 is 11.9 Å². The summed E-state index contributed by atoms with van der Waals surface area (Å²) in [4.78, 5) is 27.4. The molecular weight excluding hydrogens is 295 g/mol. The second-order valence-electron chi connectivity index (χ2n) is 5.16. The number of halogens is 2. The second kappa shape index (κ2) is 6.43. The van der Waals surface area contributed by atoms with Gasteiger partial charge < -0.3 is 9.80 Å². The summed E-state index contributed by atoms with van der Waals surface area (Å²) in [5.41, 5.74) is 0.246. The summed E-state index contributed by atoms with van der Waals surface area (Å²) in [6.07, 6.45) is 0.797. The van der Waals surface area contributed by atoms with Crippen molar-refractivity contribution < 1.29 is 14.0 Å². The van der Waals surface area contributed by atoms with E-state index in [0.29, 0.717) is 6.54 Å². The number of carbonyl (C=O) groups is 2. The predicted octanol–water partition coefficient (Wildman–Crippen LogP) is 2.45. The molecule has 1 aliphatic rings. The zero-order chi connectivity index (χ0) is 15.6. The SMILES string of the molecule is CCCN1CC(=O)N(Cc2c(F)cccc2Cl)[C@@H](C)C1=O. The molecule has 1 atom stereocenters. The van der Waals surface area contributed by atoms with Crippen molar-refractivity contribution in [2.24, 2.45) is 0 Å². The van der Waals surface area contributed by atoms with E-state index in [1.54, 1.807) is 17.9 Å². The summed E-state index contributed by atoms with van der Waals surface area (Å²) >= 11 is 5.99. The smallest absolute Gasteiger partial charge is 0.245 e. The van der Waals surface area contributed by atoms with E-state index in [1.807, 2.05) is 6.92 Å². The number of hydrogen-bond donors (Lipinski definition) is 0. The van der Waals surface area contributed by atoms with Gasteiger partial charge in [0.25, 0.3) is 0 Å². The molecule has 1 aliphatic heterocycles. The van der Waals surface area contributed by atoms with Crippen LogP contribution in [0.25, 0.3) is 0 Å². The first-order valence-electron chi connectivity index (χ1n) is 6.96. The Balaban J connectivity index is 2.21. The van der Waals surface area contributed by atoms with E-state index in [2.05, 4.69) is 0 Å². The minimum atomic E-state index is -0.603. The van der Waals surface area contributed by atoms with Crippen LogP contribution in [-0.4, -0.2) is 40.7 Å². The highest BCUT2D eigenvalue weighted by Gasteiger charge is 2.36. The Labute approximate surface area is 128 Å². The monoisotopic (exact) mass is 312 g/mol. The zero-order valence-electron chi connectivity index (χ0n) is 12.1. The van der Waals surface area contributed by atoms with Crippen molar-refractivity contribution in [1.82, 2.24) is 9.80 Å². The van der Waals surface area contributed by atoms with Gasteiger partial charge in [0.05, 0.1) is 13.1 Å². The van der Waals surface area contributed by atoms with E-state index in [4.69, 9.17) is 11.6 Å². The fourth-order valence-corrected chi connectivity index (χ4v) is 2.71. The number of rotatable bonds is 4. The van der Waals surface area contributed by atoms with Gasteiger partial charge in [0.1, 0.15) is 11.9 Å². The summed E-state index contributed by atoms with van der Waals surface area (Å²) in [7, 11) is 0. The maximum absolute atomic E-state index is 13.8. The van der Waals surface area contributed by atoms with Crippen molar-refractivity contribution in [2.45, 2.75) is 32.9 Å². The highest BCUT2D eigenvalue weighted by atomic mass is 35.5. The van der Waals surface area contributed by atoms with Crippen LogP contribution in [0.1, 0.15) is 25.8 Å². The van der Waals surface area contributed by atoms with Gasteiger partial charge in [0.2, 0.25) is 11.8 Å². The Morgan fingerprint density at radius 1 is 1.38 bits per heavy atom. The molecule has 0 bridgehead atoms. The molecule has 4 nitrogen and oxygen atoms in total. The fraction of sp³-hybridized carbons (Fsp3) is 0.467. The van der Waals surface area contributed by atoms with E-state index in [9.17, 15) is 14.0 Å². The van der Waals surface area contributed by atoms with Crippen LogP contribution in [0, 0.1) is 5.82 Å². The molecule has 1 aromatic carbocycles. The fourth-order valence-electron chi connectivity index (χ4n) is 2.48. The number of piperazine rings is 1. The molecule has 114 valence electrons. The normalized spacial score (nSPS) is 19.3. The maximum atomic E-state index is 13.8. The molecule has 0 aliphatic carbocycles. The van der Waals surface area contributed by atoms with Gasteiger partial charge in [-0.1, -0.05) is 24.6 Å². The highest BCUT2D eigenvalue weighted by molar-refractivity contribution is 6.31. The quantitative estimate of drug-likeness (QED) is 0.857. The molecule has 1 saturated heterocycles. The summed E-state index contributed by atoms with van der Waals surface area (Å²) in [6, 6.07) is 3.78. The number of amides is 2. The van der Waals surface area contributed by atoms with Crippen molar-refractivity contribution in [1.29, 1.82) is 0 Å². The van der Waals surface area contributed by atoms with Crippen LogP contribution in [0.2, 0.25) is 5.02 Å². The van der Waals surface area contributed by atoms with Gasteiger partial charge in [-0.05, 0) is 25.5 Å². The number of hydrogen-bond acceptors (Lipinski definition) is 2. The third-order valence-electron chi connectivity index (χ3n) is 3.67. The predicted molar refractivity (Wildman–Crippen MR) is 78.3 cm³/mol. The van der Waals surface area contributed by atoms with Crippen LogP contribution in [0.5, 0.6) is 0 Å². The molecule has 6 heteroatoms. The van der Waals surface area contributed by atoms with Crippen LogP contribution in [0.15, 0.2) is 18.2 Å². The molecule has 2 amide bonds. The van der Waals surface area contributed by atoms with Crippen molar-refractivity contribution in [3.63, 3.8) is 0 Å². The first-order valence-corrected chi connectivity index (χ1v) is 7.34. The first-order chi connectivity index (χ1) is 9.95. The molecule has 0 aromatic heterocycles. The van der Waals surface area contributed by atoms with Crippen molar-refractivity contribution >= 4 is 23.4 Å². The summed E-state index contributed by atoms with van der Waals surface area (Å²) in [6.45, 7) is 4.23. The van der Waals surface area contributed by atoms with Crippen molar-refractivity contribution in [2.75, 3.05) is 13.1 Å². The summed E-state index contributed by atoms with van der Waals surface area (Å²) in [5.74, 6) is -0.760. The average molecular weight is 313 g/mol. The van der Waals surface area contributed by atoms with Crippen LogP contribution < -0.4 is 0 Å². The number of carbonyl (C=O) groups excluding carboxylic acids is 2. The van der Waals surface area contributed by atoms with Gasteiger partial charge in [-0.15, -0.1) is 0 Å². The van der Waals surface area contributed by atoms with Crippen molar-refractivity contribution in [3.8, 4) is 0 Å². The number of nitrogens with zero attached hydrogens (tertiary/aromatic N) is 2. The van der Waals surface area contributed by atoms with Gasteiger partial charge in [0, 0.05) is 17.1 Å². The molecule has 0 N–H and O–H groups in total. The lowest BCUT2D eigenvalue weighted by Gasteiger charge is -2.38. The lowest BCUT2D eigenvalue weighted by Crippen LogP contribution is -2.58. The Morgan fingerprint density at radius 3 is 2.71 bits per heavy atom. The van der Waals surface area contributed by atoms with E-state index in [-0.39, 0.29) is 35.5 Å². The maximum Gasteiger partial charge on any atom is 0.245 e. The van der Waals surface area contributed by atoms with Gasteiger partial charge in [-0.2, -0.15) is 0 Å². The lowest BCUT2D eigenvalue weighted by atomic mass is 10.1. The van der Waals surface area contributed by atoms with Crippen molar-refractivity contribution in [3.05, 3.63) is 34.6 Å². The van der Waals surface area contributed by atoms with E-state index >= 15 is 0 Å². The Bertz CT molecular complexity index is 544. The standard InChI is InChI=1S/C15H18ClFN2O2/c1-3-7-18-9-14(20)19(10(2)15(18)21)8-11-12(16)5-4-6-13(11)17/h4-6,10H,3,7-9H2,1-2H3/t10-/m0/s1. The third kappa shape index (κ3) is 3.18. The molecule has 1 aromatic rings. The molecule has 1 heterocycles. The lowest BCUT2D eigenvalue weighted by molar-refractivity contribution is -0.155. The van der Waals surface area contributed by atoms with Crippen LogP contribution in [0.3, 0.4) is 0 Å². The largest absolute Gasteiger partial charge is 0.332 e. The third-order valence-corrected chi connectivity index (χ3v) is 4.02. The van der Waals surface area contributed by atoms with E-state index in [1.165, 1.54) is 17.0 Å². The molecule has 0 spiro atoms. The summed E-state index contributed by atoms with van der Waals surface area (Å²) in [5, 5.41) is 0.262. The van der Waals surface area contributed by atoms with Gasteiger partial charge in [-0.3, -0.25) is 9.59 Å². The van der Waals surface area contributed by atoms with Crippen LogP contribution in [0.4, 0.5) is 4.39 Å². The van der Waals surface area contributed by atoms with Crippen LogP contribution >= 0.6 is 11.6 Å². The Morgan fingerprint density at radius 2 is 2.10 bits per heavy atom. The van der Waals surface area contributed by atoms with Gasteiger partial charge in [0.15, 0.2) is 0 Å². The average Bonchev–Trinajstić information content (AvgIpc) is 2.43. The molecule has 1 fully saturated rings. The molecule has 2 rings (SSSR count). The first kappa shape index (κ1) is 15.8. The highest BCUT2D eigenvalue weighted by Crippen LogP contribution is 2.23. The topological polar surface area (TPSA) is 40.6 Å². The molecular formula is C15H18ClFN2O2. The van der Waals surface area contributed by atoms with Gasteiger partial charge >= 0.3 is 0 Å². The number of benzene rings is 1. The Hall–Kier alpha value is -1.62. The minimum Gasteiger partial charge on any atom is -0.332 e. The molecule has 0 unspecified atom stereocenters. The van der Waals surface area contributed by atoms with E-state index in [0.717, 1.165) is 6.42 Å². The molecule has 21 heavy (non-hydrogen) atoms. The molecule has 0 radical (unpaired) electrons. The van der Waals surface area contributed by atoms with Gasteiger partial charge in [-0.25, -0.2) is 4.39 Å². The minimum absolute atomic E-state index is 0.0111. The zero-order valence-corrected chi connectivity index (χ0v) is 12.9. The van der Waals surface area contributed by atoms with Crippen LogP contribution in [-0.2, 0) is 16.1 Å². The second-order valence-corrected chi connectivity index (χ2v) is 5.56.